The van der Waals surface area contributed by atoms with Gasteiger partial charge in [-0.3, -0.25) is 0 Å². The first-order valence-electron chi connectivity index (χ1n) is 9.26. The molecule has 0 atom stereocenters. The van der Waals surface area contributed by atoms with Gasteiger partial charge in [0.15, 0.2) is 0 Å². The van der Waals surface area contributed by atoms with Crippen LogP contribution in [0.25, 0.3) is 22.2 Å². The fourth-order valence-corrected chi connectivity index (χ4v) is 3.18. The van der Waals surface area contributed by atoms with Crippen LogP contribution >= 0.6 is 11.6 Å². The lowest BCUT2D eigenvalue weighted by molar-refractivity contribution is 0.203. The van der Waals surface area contributed by atoms with Crippen LogP contribution in [-0.2, 0) is 6.54 Å². The Kier molecular flexibility index (Phi) is 5.44. The van der Waals surface area contributed by atoms with Crippen molar-refractivity contribution in [3.8, 4) is 11.4 Å². The number of anilines is 1. The van der Waals surface area contributed by atoms with Gasteiger partial charge in [0.2, 0.25) is 11.7 Å². The van der Waals surface area contributed by atoms with E-state index in [0.29, 0.717) is 23.3 Å². The molecular formula is C22H19ClN4O2. The molecule has 1 heterocycles. The molecule has 3 aromatic carbocycles. The Morgan fingerprint density at radius 2 is 1.83 bits per heavy atom. The van der Waals surface area contributed by atoms with Gasteiger partial charge in [-0.1, -0.05) is 53.2 Å². The Hall–Kier alpha value is -3.38. The Morgan fingerprint density at radius 3 is 2.62 bits per heavy atom. The highest BCUT2D eigenvalue weighted by atomic mass is 35.5. The van der Waals surface area contributed by atoms with Gasteiger partial charge in [-0.25, -0.2) is 4.79 Å². The zero-order chi connectivity index (χ0) is 20.2. The number of carbonyl (C=O) groups is 1. The van der Waals surface area contributed by atoms with Crippen LogP contribution in [0.5, 0.6) is 0 Å². The lowest BCUT2D eigenvalue weighted by Gasteiger charge is -2.20. The van der Waals surface area contributed by atoms with Crippen LogP contribution in [0.3, 0.4) is 0 Å². The summed E-state index contributed by atoms with van der Waals surface area (Å²) >= 11 is 5.91. The Labute approximate surface area is 173 Å². The fraction of sp³-hybridized carbons (Fsp3) is 0.136. The molecule has 0 aliphatic heterocycles. The number of amides is 2. The van der Waals surface area contributed by atoms with Crippen LogP contribution in [0.15, 0.2) is 71.3 Å². The van der Waals surface area contributed by atoms with E-state index in [-0.39, 0.29) is 12.6 Å². The highest BCUT2D eigenvalue weighted by Crippen LogP contribution is 2.24. The smallest absolute Gasteiger partial charge is 0.322 e. The van der Waals surface area contributed by atoms with E-state index in [1.165, 1.54) is 0 Å². The van der Waals surface area contributed by atoms with Crippen molar-refractivity contribution in [3.05, 3.63) is 77.6 Å². The van der Waals surface area contributed by atoms with Crippen LogP contribution in [0, 0.1) is 0 Å². The number of nitrogens with zero attached hydrogens (tertiary/aromatic N) is 3. The molecule has 1 N–H and O–H groups in total. The molecule has 7 heteroatoms. The van der Waals surface area contributed by atoms with Gasteiger partial charge in [-0.15, -0.1) is 0 Å². The van der Waals surface area contributed by atoms with Gasteiger partial charge >= 0.3 is 6.03 Å². The Balaban J connectivity index is 1.49. The summed E-state index contributed by atoms with van der Waals surface area (Å²) in [6.45, 7) is 2.61. The topological polar surface area (TPSA) is 71.3 Å². The van der Waals surface area contributed by atoms with Crippen molar-refractivity contribution >= 4 is 34.1 Å². The number of benzene rings is 3. The first-order valence-corrected chi connectivity index (χ1v) is 9.64. The van der Waals surface area contributed by atoms with Gasteiger partial charge in [0.1, 0.15) is 6.54 Å². The predicted molar refractivity (Wildman–Crippen MR) is 114 cm³/mol. The standard InChI is InChI=1S/C22H19ClN4O2/c1-2-27(14-20-25-21(26-29-20)16-10-12-17(23)13-11-16)22(28)24-19-9-5-7-15-6-3-4-8-18(15)19/h3-13H,2,14H2,1H3,(H,24,28). The highest BCUT2D eigenvalue weighted by Gasteiger charge is 2.17. The Morgan fingerprint density at radius 1 is 1.07 bits per heavy atom. The van der Waals surface area contributed by atoms with Crippen LogP contribution in [0.4, 0.5) is 10.5 Å². The van der Waals surface area contributed by atoms with E-state index >= 15 is 0 Å². The quantitative estimate of drug-likeness (QED) is 0.468. The van der Waals surface area contributed by atoms with Crippen molar-refractivity contribution in [1.82, 2.24) is 15.0 Å². The average Bonchev–Trinajstić information content (AvgIpc) is 3.21. The van der Waals surface area contributed by atoms with Crippen molar-refractivity contribution in [3.63, 3.8) is 0 Å². The molecule has 0 fully saturated rings. The van der Waals surface area contributed by atoms with Gasteiger partial charge in [0.25, 0.3) is 0 Å². The molecule has 0 aliphatic carbocycles. The van der Waals surface area contributed by atoms with Gasteiger partial charge in [0.05, 0.1) is 5.69 Å². The van der Waals surface area contributed by atoms with Crippen LogP contribution in [0.1, 0.15) is 12.8 Å². The minimum absolute atomic E-state index is 0.216. The number of nitrogens with one attached hydrogen (secondary N) is 1. The van der Waals surface area contributed by atoms with E-state index in [9.17, 15) is 4.79 Å². The third-order valence-electron chi connectivity index (χ3n) is 4.60. The summed E-state index contributed by atoms with van der Waals surface area (Å²) < 4.78 is 5.34. The maximum Gasteiger partial charge on any atom is 0.322 e. The lowest BCUT2D eigenvalue weighted by atomic mass is 10.1. The van der Waals surface area contributed by atoms with E-state index < -0.39 is 0 Å². The van der Waals surface area contributed by atoms with E-state index in [1.807, 2.05) is 61.5 Å². The number of aromatic nitrogens is 2. The van der Waals surface area contributed by atoms with Crippen molar-refractivity contribution < 1.29 is 9.32 Å². The van der Waals surface area contributed by atoms with Gasteiger partial charge in [0, 0.05) is 22.5 Å². The molecule has 1 aromatic heterocycles. The zero-order valence-corrected chi connectivity index (χ0v) is 16.6. The summed E-state index contributed by atoms with van der Waals surface area (Å²) in [4.78, 5) is 18.8. The molecule has 0 unspecified atom stereocenters. The number of carbonyl (C=O) groups excluding carboxylic acids is 1. The fourth-order valence-electron chi connectivity index (χ4n) is 3.05. The van der Waals surface area contributed by atoms with Crippen LogP contribution in [0.2, 0.25) is 5.02 Å². The van der Waals surface area contributed by atoms with Gasteiger partial charge in [-0.2, -0.15) is 4.98 Å². The summed E-state index contributed by atoms with van der Waals surface area (Å²) in [6, 6.07) is 20.7. The van der Waals surface area contributed by atoms with E-state index in [1.54, 1.807) is 17.0 Å². The average molecular weight is 407 g/mol. The summed E-state index contributed by atoms with van der Waals surface area (Å²) in [6.07, 6.45) is 0. The maximum absolute atomic E-state index is 12.8. The molecule has 4 rings (SSSR count). The molecule has 6 nitrogen and oxygen atoms in total. The SMILES string of the molecule is CCN(Cc1nc(-c2ccc(Cl)cc2)no1)C(=O)Nc1cccc2ccccc12. The van der Waals surface area contributed by atoms with E-state index in [2.05, 4.69) is 15.5 Å². The number of hydrogen-bond donors (Lipinski definition) is 1. The van der Waals surface area contributed by atoms with Gasteiger partial charge < -0.3 is 14.7 Å². The zero-order valence-electron chi connectivity index (χ0n) is 15.8. The highest BCUT2D eigenvalue weighted by molar-refractivity contribution is 6.30. The largest absolute Gasteiger partial charge is 0.337 e. The van der Waals surface area contributed by atoms with Crippen LogP contribution in [-0.4, -0.2) is 27.6 Å². The number of hydrogen-bond acceptors (Lipinski definition) is 4. The van der Waals surface area contributed by atoms with Crippen molar-refractivity contribution in [2.75, 3.05) is 11.9 Å². The van der Waals surface area contributed by atoms with E-state index in [4.69, 9.17) is 16.1 Å². The maximum atomic E-state index is 12.8. The summed E-state index contributed by atoms with van der Waals surface area (Å²) in [5, 5.41) is 9.68. The molecule has 0 aliphatic rings. The normalized spacial score (nSPS) is 10.8. The minimum atomic E-state index is -0.227. The number of urea groups is 1. The second-order valence-corrected chi connectivity index (χ2v) is 6.93. The molecule has 0 spiro atoms. The summed E-state index contributed by atoms with van der Waals surface area (Å²) in [5.41, 5.74) is 1.56. The first-order chi connectivity index (χ1) is 14.1. The van der Waals surface area contributed by atoms with E-state index in [0.717, 1.165) is 22.0 Å². The molecule has 4 aromatic rings. The summed E-state index contributed by atoms with van der Waals surface area (Å²) in [5.74, 6) is 0.826. The molecule has 146 valence electrons. The minimum Gasteiger partial charge on any atom is -0.337 e. The molecule has 0 saturated heterocycles. The van der Waals surface area contributed by atoms with Crippen molar-refractivity contribution in [2.24, 2.45) is 0 Å². The third-order valence-corrected chi connectivity index (χ3v) is 4.85. The molecule has 2 amide bonds. The van der Waals surface area contributed by atoms with Crippen LogP contribution < -0.4 is 5.32 Å². The Bertz CT molecular complexity index is 1140. The molecule has 0 radical (unpaired) electrons. The van der Waals surface area contributed by atoms with Gasteiger partial charge in [-0.05, 0) is 42.6 Å². The lowest BCUT2D eigenvalue weighted by Crippen LogP contribution is -2.34. The molecular weight excluding hydrogens is 388 g/mol. The second-order valence-electron chi connectivity index (χ2n) is 6.49. The monoisotopic (exact) mass is 406 g/mol. The predicted octanol–water partition coefficient (Wildman–Crippen LogP) is 5.60. The number of fused-ring (bicyclic) bond motifs is 1. The summed E-state index contributed by atoms with van der Waals surface area (Å²) in [7, 11) is 0. The molecule has 0 saturated carbocycles. The molecule has 0 bridgehead atoms. The first kappa shape index (κ1) is 19.0. The van der Waals surface area contributed by atoms with Crippen molar-refractivity contribution in [2.45, 2.75) is 13.5 Å². The molecule has 29 heavy (non-hydrogen) atoms. The number of halogens is 1. The van der Waals surface area contributed by atoms with Crippen molar-refractivity contribution in [1.29, 1.82) is 0 Å². The second kappa shape index (κ2) is 8.32. The number of rotatable bonds is 5. The third kappa shape index (κ3) is 4.22.